The third kappa shape index (κ3) is 4.42. The second-order valence-corrected chi connectivity index (χ2v) is 6.40. The molecule has 126 valence electrons. The minimum atomic E-state index is -0.191. The van der Waals surface area contributed by atoms with E-state index in [0.29, 0.717) is 25.3 Å². The van der Waals surface area contributed by atoms with E-state index in [0.717, 1.165) is 26.1 Å². The van der Waals surface area contributed by atoms with Crippen LogP contribution in [-0.4, -0.2) is 66.1 Å². The molecule has 1 N–H and O–H groups in total. The molecule has 23 heavy (non-hydrogen) atoms. The summed E-state index contributed by atoms with van der Waals surface area (Å²) in [6, 6.07) is 2.99. The standard InChI is InChI=1S/C17H25N3O3/c21-16-6-5-14(11-18-16)17(22)20-9-4-10-23-15(13-20)12-19-7-2-1-3-8-19/h5-6,11,15H,1-4,7-10,12-13H2,(H,18,21)/t15-/m1/s1. The van der Waals surface area contributed by atoms with Gasteiger partial charge in [-0.1, -0.05) is 6.42 Å². The van der Waals surface area contributed by atoms with Crippen LogP contribution in [0, 0.1) is 0 Å². The maximum Gasteiger partial charge on any atom is 0.255 e. The smallest absolute Gasteiger partial charge is 0.255 e. The third-order valence-corrected chi connectivity index (χ3v) is 4.58. The molecule has 2 fully saturated rings. The predicted octanol–water partition coefficient (Wildman–Crippen LogP) is 1.09. The van der Waals surface area contributed by atoms with Gasteiger partial charge in [0, 0.05) is 38.5 Å². The Kier molecular flexibility index (Phi) is 5.46. The van der Waals surface area contributed by atoms with Crippen molar-refractivity contribution in [1.29, 1.82) is 0 Å². The Morgan fingerprint density at radius 2 is 2.00 bits per heavy atom. The molecule has 1 aromatic heterocycles. The first-order chi connectivity index (χ1) is 11.2. The van der Waals surface area contributed by atoms with E-state index in [1.54, 1.807) is 6.07 Å². The average molecular weight is 319 g/mol. The number of nitrogens with one attached hydrogen (secondary N) is 1. The van der Waals surface area contributed by atoms with Gasteiger partial charge in [-0.05, 0) is 38.4 Å². The lowest BCUT2D eigenvalue weighted by atomic mass is 10.1. The van der Waals surface area contributed by atoms with Crippen molar-refractivity contribution < 1.29 is 9.53 Å². The molecule has 0 aliphatic carbocycles. The van der Waals surface area contributed by atoms with Crippen molar-refractivity contribution in [3.63, 3.8) is 0 Å². The molecule has 0 spiro atoms. The number of H-pyrrole nitrogens is 1. The highest BCUT2D eigenvalue weighted by Crippen LogP contribution is 2.14. The molecule has 0 radical (unpaired) electrons. The monoisotopic (exact) mass is 319 g/mol. The van der Waals surface area contributed by atoms with E-state index in [-0.39, 0.29) is 17.6 Å². The molecular formula is C17H25N3O3. The minimum Gasteiger partial charge on any atom is -0.375 e. The van der Waals surface area contributed by atoms with Gasteiger partial charge in [-0.3, -0.25) is 9.59 Å². The molecule has 2 aliphatic heterocycles. The number of aromatic nitrogens is 1. The highest BCUT2D eigenvalue weighted by Gasteiger charge is 2.25. The Bertz CT molecular complexity index is 560. The van der Waals surface area contributed by atoms with Gasteiger partial charge in [-0.15, -0.1) is 0 Å². The predicted molar refractivity (Wildman–Crippen MR) is 87.6 cm³/mol. The fourth-order valence-corrected chi connectivity index (χ4v) is 3.35. The summed E-state index contributed by atoms with van der Waals surface area (Å²) >= 11 is 0. The van der Waals surface area contributed by atoms with Crippen molar-refractivity contribution in [1.82, 2.24) is 14.8 Å². The van der Waals surface area contributed by atoms with Crippen molar-refractivity contribution in [3.05, 3.63) is 34.2 Å². The van der Waals surface area contributed by atoms with Crippen LogP contribution >= 0.6 is 0 Å². The first kappa shape index (κ1) is 16.2. The van der Waals surface area contributed by atoms with E-state index in [1.165, 1.54) is 31.5 Å². The van der Waals surface area contributed by atoms with Crippen LogP contribution in [0.25, 0.3) is 0 Å². The van der Waals surface area contributed by atoms with Gasteiger partial charge in [0.1, 0.15) is 0 Å². The van der Waals surface area contributed by atoms with Gasteiger partial charge < -0.3 is 19.5 Å². The quantitative estimate of drug-likeness (QED) is 0.906. The van der Waals surface area contributed by atoms with E-state index in [2.05, 4.69) is 9.88 Å². The molecule has 0 aromatic carbocycles. The Morgan fingerprint density at radius 3 is 2.74 bits per heavy atom. The van der Waals surface area contributed by atoms with E-state index in [1.807, 2.05) is 4.90 Å². The maximum absolute atomic E-state index is 12.6. The fourth-order valence-electron chi connectivity index (χ4n) is 3.35. The summed E-state index contributed by atoms with van der Waals surface area (Å²) in [6.45, 7) is 5.19. The normalized spacial score (nSPS) is 23.5. The second-order valence-electron chi connectivity index (χ2n) is 6.40. The number of ether oxygens (including phenoxy) is 1. The van der Waals surface area contributed by atoms with Crippen LogP contribution in [0.4, 0.5) is 0 Å². The van der Waals surface area contributed by atoms with Crippen LogP contribution in [0.3, 0.4) is 0 Å². The van der Waals surface area contributed by atoms with Crippen molar-refractivity contribution in [2.24, 2.45) is 0 Å². The Balaban J connectivity index is 1.62. The second kappa shape index (κ2) is 7.75. The Labute approximate surface area is 136 Å². The van der Waals surface area contributed by atoms with Crippen LogP contribution in [0.1, 0.15) is 36.0 Å². The zero-order valence-electron chi connectivity index (χ0n) is 13.5. The lowest BCUT2D eigenvalue weighted by molar-refractivity contribution is 0.0216. The molecule has 3 rings (SSSR count). The van der Waals surface area contributed by atoms with Gasteiger partial charge in [-0.25, -0.2) is 0 Å². The van der Waals surface area contributed by atoms with Crippen LogP contribution in [0.5, 0.6) is 0 Å². The van der Waals surface area contributed by atoms with Crippen molar-refractivity contribution in [3.8, 4) is 0 Å². The molecule has 1 amide bonds. The summed E-state index contributed by atoms with van der Waals surface area (Å²) in [5.41, 5.74) is 0.340. The largest absolute Gasteiger partial charge is 0.375 e. The number of nitrogens with zero attached hydrogens (tertiary/aromatic N) is 2. The molecule has 0 unspecified atom stereocenters. The third-order valence-electron chi connectivity index (χ3n) is 4.58. The highest BCUT2D eigenvalue weighted by molar-refractivity contribution is 5.93. The summed E-state index contributed by atoms with van der Waals surface area (Å²) < 4.78 is 5.95. The lowest BCUT2D eigenvalue weighted by Gasteiger charge is -2.31. The first-order valence-corrected chi connectivity index (χ1v) is 8.54. The number of carbonyl (C=O) groups excluding carboxylic acids is 1. The number of rotatable bonds is 3. The van der Waals surface area contributed by atoms with E-state index in [9.17, 15) is 9.59 Å². The Morgan fingerprint density at radius 1 is 1.17 bits per heavy atom. The molecule has 0 saturated carbocycles. The molecule has 6 nitrogen and oxygen atoms in total. The van der Waals surface area contributed by atoms with Gasteiger partial charge in [0.25, 0.3) is 5.91 Å². The van der Waals surface area contributed by atoms with Gasteiger partial charge in [0.05, 0.1) is 11.7 Å². The van der Waals surface area contributed by atoms with Crippen molar-refractivity contribution in [2.75, 3.05) is 39.3 Å². The maximum atomic E-state index is 12.6. The molecule has 1 atom stereocenters. The van der Waals surface area contributed by atoms with Crippen LogP contribution < -0.4 is 5.56 Å². The number of hydrogen-bond acceptors (Lipinski definition) is 4. The number of pyridine rings is 1. The number of hydrogen-bond donors (Lipinski definition) is 1. The summed E-state index contributed by atoms with van der Waals surface area (Å²) in [5, 5.41) is 0. The highest BCUT2D eigenvalue weighted by atomic mass is 16.5. The van der Waals surface area contributed by atoms with Crippen LogP contribution in [0.2, 0.25) is 0 Å². The topological polar surface area (TPSA) is 65.6 Å². The number of amides is 1. The van der Waals surface area contributed by atoms with Gasteiger partial charge in [0.2, 0.25) is 5.56 Å². The number of carbonyl (C=O) groups is 1. The molecule has 2 saturated heterocycles. The number of aromatic amines is 1. The van der Waals surface area contributed by atoms with Crippen LogP contribution in [0.15, 0.2) is 23.1 Å². The Hall–Kier alpha value is -1.66. The molecule has 3 heterocycles. The van der Waals surface area contributed by atoms with Crippen molar-refractivity contribution >= 4 is 5.91 Å². The molecular weight excluding hydrogens is 294 g/mol. The molecule has 2 aliphatic rings. The van der Waals surface area contributed by atoms with Crippen molar-refractivity contribution in [2.45, 2.75) is 31.8 Å². The zero-order valence-corrected chi connectivity index (χ0v) is 13.5. The van der Waals surface area contributed by atoms with Gasteiger partial charge >= 0.3 is 0 Å². The average Bonchev–Trinajstić information content (AvgIpc) is 2.81. The zero-order chi connectivity index (χ0) is 16.1. The first-order valence-electron chi connectivity index (χ1n) is 8.54. The molecule has 0 bridgehead atoms. The summed E-state index contributed by atoms with van der Waals surface area (Å²) in [6.07, 6.45) is 6.25. The molecule has 6 heteroatoms. The van der Waals surface area contributed by atoms with E-state index in [4.69, 9.17) is 4.74 Å². The summed E-state index contributed by atoms with van der Waals surface area (Å²) in [5.74, 6) is -0.0320. The lowest BCUT2D eigenvalue weighted by Crippen LogP contribution is -2.43. The molecule has 1 aromatic rings. The van der Waals surface area contributed by atoms with E-state index < -0.39 is 0 Å². The summed E-state index contributed by atoms with van der Waals surface area (Å²) in [4.78, 5) is 30.7. The number of likely N-dealkylation sites (tertiary alicyclic amines) is 1. The SMILES string of the molecule is O=C(c1ccc(=O)[nH]c1)N1CCCO[C@H](CN2CCCCC2)C1. The van der Waals surface area contributed by atoms with Crippen LogP contribution in [-0.2, 0) is 4.74 Å². The summed E-state index contributed by atoms with van der Waals surface area (Å²) in [7, 11) is 0. The van der Waals surface area contributed by atoms with Gasteiger partial charge in [-0.2, -0.15) is 0 Å². The fraction of sp³-hybridized carbons (Fsp3) is 0.647. The minimum absolute atomic E-state index is 0.0320. The van der Waals surface area contributed by atoms with Gasteiger partial charge in [0.15, 0.2) is 0 Å². The number of piperidine rings is 1. The van der Waals surface area contributed by atoms with E-state index >= 15 is 0 Å².